The maximum absolute atomic E-state index is 11.3. The van der Waals surface area contributed by atoms with Crippen LogP contribution in [0, 0.1) is 6.92 Å². The molecule has 2 aromatic rings. The van der Waals surface area contributed by atoms with Crippen molar-refractivity contribution in [2.45, 2.75) is 32.2 Å². The number of carbonyl (C=O) groups excluding carboxylic acids is 1. The van der Waals surface area contributed by atoms with E-state index in [1.807, 2.05) is 31.2 Å². The van der Waals surface area contributed by atoms with Crippen LogP contribution >= 0.6 is 0 Å². The van der Waals surface area contributed by atoms with E-state index < -0.39 is 0 Å². The number of piperidine rings is 1. The Balaban J connectivity index is 1.85. The Bertz CT molecular complexity index is 705. The van der Waals surface area contributed by atoms with Gasteiger partial charge in [0, 0.05) is 12.3 Å². The number of anilines is 2. The average Bonchev–Trinajstić information content (AvgIpc) is 2.55. The molecule has 1 fully saturated rings. The van der Waals surface area contributed by atoms with E-state index in [1.54, 1.807) is 6.20 Å². The Morgan fingerprint density at radius 1 is 1.33 bits per heavy atom. The standard InChI is InChI=1S/C17H22N6O/c1-12-20-13(14-6-3-5-9-23(14)11-15(18)24)10-17(21-12)22-16-7-2-4-8-19-16/h2,4,7-8,10,14H,3,5-6,9,11H2,1H3,(H2,18,24)(H,19,20,21,22). The average molecular weight is 326 g/mol. The van der Waals surface area contributed by atoms with Crippen LogP contribution in [0.3, 0.4) is 0 Å². The highest BCUT2D eigenvalue weighted by atomic mass is 16.1. The number of pyridine rings is 1. The number of amides is 1. The molecular formula is C17H22N6O. The molecule has 1 aliphatic rings. The minimum Gasteiger partial charge on any atom is -0.369 e. The molecule has 7 nitrogen and oxygen atoms in total. The van der Waals surface area contributed by atoms with Gasteiger partial charge >= 0.3 is 0 Å². The van der Waals surface area contributed by atoms with Crippen LogP contribution in [0.1, 0.15) is 36.8 Å². The lowest BCUT2D eigenvalue weighted by Crippen LogP contribution is -2.40. The second-order valence-corrected chi connectivity index (χ2v) is 6.01. The van der Waals surface area contributed by atoms with Gasteiger partial charge in [-0.2, -0.15) is 0 Å². The molecule has 0 aromatic carbocycles. The summed E-state index contributed by atoms with van der Waals surface area (Å²) in [5.74, 6) is 1.83. The van der Waals surface area contributed by atoms with Crippen molar-refractivity contribution in [3.8, 4) is 0 Å². The van der Waals surface area contributed by atoms with Crippen molar-refractivity contribution in [3.63, 3.8) is 0 Å². The van der Waals surface area contributed by atoms with Gasteiger partial charge in [-0.15, -0.1) is 0 Å². The minimum atomic E-state index is -0.306. The van der Waals surface area contributed by atoms with E-state index >= 15 is 0 Å². The Morgan fingerprint density at radius 2 is 2.21 bits per heavy atom. The molecule has 3 N–H and O–H groups in total. The highest BCUT2D eigenvalue weighted by molar-refractivity contribution is 5.76. The summed E-state index contributed by atoms with van der Waals surface area (Å²) >= 11 is 0. The zero-order valence-electron chi connectivity index (χ0n) is 13.8. The summed E-state index contributed by atoms with van der Waals surface area (Å²) in [6, 6.07) is 7.70. The van der Waals surface area contributed by atoms with Crippen LogP contribution < -0.4 is 11.1 Å². The van der Waals surface area contributed by atoms with E-state index in [9.17, 15) is 4.79 Å². The lowest BCUT2D eigenvalue weighted by molar-refractivity contribution is -0.120. The molecule has 0 spiro atoms. The SMILES string of the molecule is Cc1nc(Nc2ccccn2)cc(C2CCCCN2CC(N)=O)n1. The van der Waals surface area contributed by atoms with Gasteiger partial charge in [0.1, 0.15) is 17.5 Å². The molecule has 1 saturated heterocycles. The largest absolute Gasteiger partial charge is 0.369 e. The Labute approximate surface area is 141 Å². The van der Waals surface area contributed by atoms with E-state index in [1.165, 1.54) is 0 Å². The number of hydrogen-bond acceptors (Lipinski definition) is 6. The van der Waals surface area contributed by atoms with Gasteiger partial charge in [-0.25, -0.2) is 15.0 Å². The molecule has 24 heavy (non-hydrogen) atoms. The van der Waals surface area contributed by atoms with Crippen LogP contribution in [0.4, 0.5) is 11.6 Å². The van der Waals surface area contributed by atoms with Crippen molar-refractivity contribution < 1.29 is 4.79 Å². The van der Waals surface area contributed by atoms with Gasteiger partial charge in [-0.1, -0.05) is 12.5 Å². The van der Waals surface area contributed by atoms with E-state index in [4.69, 9.17) is 5.73 Å². The minimum absolute atomic E-state index is 0.0947. The fourth-order valence-corrected chi connectivity index (χ4v) is 3.11. The van der Waals surface area contributed by atoms with Crippen LogP contribution in [0.5, 0.6) is 0 Å². The van der Waals surface area contributed by atoms with Gasteiger partial charge in [0.05, 0.1) is 18.3 Å². The predicted octanol–water partition coefficient (Wildman–Crippen LogP) is 1.94. The van der Waals surface area contributed by atoms with E-state index in [0.717, 1.165) is 37.3 Å². The molecule has 1 atom stereocenters. The van der Waals surface area contributed by atoms with Crippen LogP contribution in [0.25, 0.3) is 0 Å². The van der Waals surface area contributed by atoms with Crippen LogP contribution in [-0.2, 0) is 4.79 Å². The highest BCUT2D eigenvalue weighted by Crippen LogP contribution is 2.30. The molecule has 2 aromatic heterocycles. The molecule has 0 aliphatic carbocycles. The lowest BCUT2D eigenvalue weighted by atomic mass is 9.99. The van der Waals surface area contributed by atoms with E-state index in [-0.39, 0.29) is 18.5 Å². The number of nitrogens with one attached hydrogen (secondary N) is 1. The lowest BCUT2D eigenvalue weighted by Gasteiger charge is -2.34. The second-order valence-electron chi connectivity index (χ2n) is 6.01. The Morgan fingerprint density at radius 3 is 2.96 bits per heavy atom. The van der Waals surface area contributed by atoms with Crippen LogP contribution in [0.15, 0.2) is 30.5 Å². The van der Waals surface area contributed by atoms with Gasteiger partial charge in [0.25, 0.3) is 0 Å². The summed E-state index contributed by atoms with van der Waals surface area (Å²) in [5, 5.41) is 3.21. The topological polar surface area (TPSA) is 97.0 Å². The predicted molar refractivity (Wildman–Crippen MR) is 91.6 cm³/mol. The fourth-order valence-electron chi connectivity index (χ4n) is 3.11. The zero-order chi connectivity index (χ0) is 16.9. The summed E-state index contributed by atoms with van der Waals surface area (Å²) in [6.07, 6.45) is 4.89. The van der Waals surface area contributed by atoms with Gasteiger partial charge < -0.3 is 11.1 Å². The first-order valence-corrected chi connectivity index (χ1v) is 8.18. The van der Waals surface area contributed by atoms with Gasteiger partial charge in [0.15, 0.2) is 0 Å². The fraction of sp³-hybridized carbons (Fsp3) is 0.412. The number of nitrogens with zero attached hydrogens (tertiary/aromatic N) is 4. The number of primary amides is 1. The molecule has 1 unspecified atom stereocenters. The third kappa shape index (κ3) is 4.05. The third-order valence-electron chi connectivity index (χ3n) is 4.09. The van der Waals surface area contributed by atoms with Crippen molar-refractivity contribution in [1.29, 1.82) is 0 Å². The summed E-state index contributed by atoms with van der Waals surface area (Å²) in [5.41, 5.74) is 6.31. The molecule has 1 aliphatic heterocycles. The number of rotatable bonds is 5. The maximum atomic E-state index is 11.3. The number of hydrogen-bond donors (Lipinski definition) is 2. The number of carbonyl (C=O) groups is 1. The first kappa shape index (κ1) is 16.3. The third-order valence-corrected chi connectivity index (χ3v) is 4.09. The number of aromatic nitrogens is 3. The normalized spacial score (nSPS) is 18.3. The van der Waals surface area contributed by atoms with E-state index in [2.05, 4.69) is 25.2 Å². The molecule has 3 heterocycles. The quantitative estimate of drug-likeness (QED) is 0.871. The smallest absolute Gasteiger partial charge is 0.231 e. The molecule has 0 saturated carbocycles. The summed E-state index contributed by atoms with van der Waals surface area (Å²) in [7, 11) is 0. The molecule has 1 amide bonds. The first-order valence-electron chi connectivity index (χ1n) is 8.18. The van der Waals surface area contributed by atoms with Gasteiger partial charge in [0.2, 0.25) is 5.91 Å². The van der Waals surface area contributed by atoms with Gasteiger partial charge in [-0.3, -0.25) is 9.69 Å². The van der Waals surface area contributed by atoms with Crippen LogP contribution in [0.2, 0.25) is 0 Å². The van der Waals surface area contributed by atoms with Crippen molar-refractivity contribution in [3.05, 3.63) is 42.0 Å². The summed E-state index contributed by atoms with van der Waals surface area (Å²) < 4.78 is 0. The Hall–Kier alpha value is -2.54. The van der Waals surface area contributed by atoms with Crippen molar-refractivity contribution in [2.24, 2.45) is 5.73 Å². The highest BCUT2D eigenvalue weighted by Gasteiger charge is 2.26. The number of nitrogens with two attached hydrogens (primary N) is 1. The molecular weight excluding hydrogens is 304 g/mol. The van der Waals surface area contributed by atoms with Crippen molar-refractivity contribution in [2.75, 3.05) is 18.4 Å². The Kier molecular flexibility index (Phi) is 5.00. The second kappa shape index (κ2) is 7.35. The van der Waals surface area contributed by atoms with Crippen molar-refractivity contribution >= 4 is 17.5 Å². The molecule has 7 heteroatoms. The first-order chi connectivity index (χ1) is 11.6. The van der Waals surface area contributed by atoms with Crippen LogP contribution in [-0.4, -0.2) is 38.8 Å². The van der Waals surface area contributed by atoms with E-state index in [0.29, 0.717) is 11.6 Å². The van der Waals surface area contributed by atoms with Crippen molar-refractivity contribution in [1.82, 2.24) is 19.9 Å². The number of aryl methyl sites for hydroxylation is 1. The summed E-state index contributed by atoms with van der Waals surface area (Å²) in [4.78, 5) is 26.7. The summed E-state index contributed by atoms with van der Waals surface area (Å²) in [6.45, 7) is 2.99. The zero-order valence-corrected chi connectivity index (χ0v) is 13.8. The van der Waals surface area contributed by atoms with Gasteiger partial charge in [-0.05, 0) is 38.4 Å². The molecule has 0 radical (unpaired) electrons. The maximum Gasteiger partial charge on any atom is 0.231 e. The monoisotopic (exact) mass is 326 g/mol. The molecule has 3 rings (SSSR count). The number of likely N-dealkylation sites (tertiary alicyclic amines) is 1. The molecule has 0 bridgehead atoms. The molecule has 126 valence electrons.